The number of hydrogen-bond donors (Lipinski definition) is 2. The molecule has 8 heteroatoms. The number of hydrogen-bond acceptors (Lipinski definition) is 4. The molecular weight excluding hydrogens is 369 g/mol. The number of carbonyl (C=O) groups excluding carboxylic acids is 1. The van der Waals surface area contributed by atoms with Crippen molar-refractivity contribution in [3.63, 3.8) is 0 Å². The van der Waals surface area contributed by atoms with Gasteiger partial charge in [0.15, 0.2) is 0 Å². The Balaban J connectivity index is 1.63. The summed E-state index contributed by atoms with van der Waals surface area (Å²) in [6.45, 7) is 4.21. The van der Waals surface area contributed by atoms with Crippen molar-refractivity contribution in [3.05, 3.63) is 59.9 Å². The van der Waals surface area contributed by atoms with Crippen LogP contribution in [0.4, 0.5) is 10.1 Å². The fraction of sp³-hybridized carbons (Fsp3) is 0.316. The van der Waals surface area contributed by atoms with Crippen molar-refractivity contribution in [2.45, 2.75) is 24.3 Å². The molecule has 0 aromatic heterocycles. The van der Waals surface area contributed by atoms with Crippen molar-refractivity contribution in [3.8, 4) is 0 Å². The number of nitrogens with zero attached hydrogens (tertiary/aromatic N) is 1. The summed E-state index contributed by atoms with van der Waals surface area (Å²) in [6.07, 6.45) is 0.276. The third-order valence-corrected chi connectivity index (χ3v) is 5.80. The smallest absolute Gasteiger partial charge is 0.261 e. The molecule has 1 aliphatic heterocycles. The van der Waals surface area contributed by atoms with Gasteiger partial charge in [0.05, 0.1) is 11.3 Å². The monoisotopic (exact) mass is 391 g/mol. The minimum absolute atomic E-state index is 0.0176. The summed E-state index contributed by atoms with van der Waals surface area (Å²) in [5.74, 6) is -0.440. The van der Waals surface area contributed by atoms with Gasteiger partial charge in [-0.05, 0) is 48.9 Å². The minimum atomic E-state index is -3.79. The Morgan fingerprint density at radius 1 is 1.19 bits per heavy atom. The second-order valence-corrected chi connectivity index (χ2v) is 8.31. The highest BCUT2D eigenvalue weighted by Gasteiger charge is 2.20. The van der Waals surface area contributed by atoms with Gasteiger partial charge in [0, 0.05) is 31.4 Å². The van der Waals surface area contributed by atoms with Gasteiger partial charge in [-0.25, -0.2) is 12.8 Å². The average Bonchev–Trinajstić information content (AvgIpc) is 2.63. The number of anilines is 1. The molecule has 0 saturated carbocycles. The van der Waals surface area contributed by atoms with Crippen molar-refractivity contribution in [1.29, 1.82) is 0 Å². The summed E-state index contributed by atoms with van der Waals surface area (Å²) < 4.78 is 40.0. The zero-order valence-corrected chi connectivity index (χ0v) is 15.8. The number of piperazine rings is 1. The Labute approximate surface area is 158 Å². The topological polar surface area (TPSA) is 78.5 Å². The number of halogens is 1. The lowest BCUT2D eigenvalue weighted by Gasteiger charge is -2.32. The van der Waals surface area contributed by atoms with E-state index in [0.717, 1.165) is 24.2 Å². The average molecular weight is 391 g/mol. The van der Waals surface area contributed by atoms with E-state index < -0.39 is 15.8 Å². The molecule has 144 valence electrons. The van der Waals surface area contributed by atoms with Gasteiger partial charge in [-0.2, -0.15) is 0 Å². The van der Waals surface area contributed by atoms with Crippen LogP contribution in [0.2, 0.25) is 0 Å². The normalized spacial score (nSPS) is 17.6. The van der Waals surface area contributed by atoms with Crippen LogP contribution >= 0.6 is 0 Å². The van der Waals surface area contributed by atoms with Crippen LogP contribution in [0.25, 0.3) is 0 Å². The minimum Gasteiger partial charge on any atom is -0.340 e. The molecule has 1 aliphatic rings. The number of amides is 1. The van der Waals surface area contributed by atoms with E-state index in [-0.39, 0.29) is 23.3 Å². The molecule has 0 spiro atoms. The predicted octanol–water partition coefficient (Wildman–Crippen LogP) is 1.99. The van der Waals surface area contributed by atoms with Crippen molar-refractivity contribution in [2.75, 3.05) is 24.4 Å². The second-order valence-electron chi connectivity index (χ2n) is 6.63. The molecular formula is C19H22FN3O3S. The first kappa shape index (κ1) is 19.3. The molecule has 1 fully saturated rings. The molecule has 27 heavy (non-hydrogen) atoms. The lowest BCUT2D eigenvalue weighted by atomic mass is 10.1. The fourth-order valence-corrected chi connectivity index (χ4v) is 4.02. The van der Waals surface area contributed by atoms with Gasteiger partial charge >= 0.3 is 0 Å². The third-order valence-electron chi connectivity index (χ3n) is 4.41. The van der Waals surface area contributed by atoms with Crippen LogP contribution in [0.5, 0.6) is 0 Å². The first-order valence-electron chi connectivity index (χ1n) is 8.72. The van der Waals surface area contributed by atoms with E-state index in [1.807, 2.05) is 11.8 Å². The molecule has 1 heterocycles. The summed E-state index contributed by atoms with van der Waals surface area (Å²) in [5, 5.41) is 3.30. The van der Waals surface area contributed by atoms with Gasteiger partial charge in [-0.3, -0.25) is 9.52 Å². The molecule has 0 bridgehead atoms. The summed E-state index contributed by atoms with van der Waals surface area (Å²) in [7, 11) is -3.79. The van der Waals surface area contributed by atoms with Gasteiger partial charge in [0.1, 0.15) is 5.82 Å². The van der Waals surface area contributed by atoms with Crippen molar-refractivity contribution in [2.24, 2.45) is 0 Å². The van der Waals surface area contributed by atoms with Crippen LogP contribution in [0.3, 0.4) is 0 Å². The van der Waals surface area contributed by atoms with Crippen molar-refractivity contribution < 1.29 is 17.6 Å². The van der Waals surface area contributed by atoms with E-state index in [2.05, 4.69) is 10.0 Å². The van der Waals surface area contributed by atoms with E-state index >= 15 is 0 Å². The summed E-state index contributed by atoms with van der Waals surface area (Å²) in [5.41, 5.74) is 1.20. The highest BCUT2D eigenvalue weighted by atomic mass is 32.2. The maximum absolute atomic E-state index is 13.0. The van der Waals surface area contributed by atoms with Gasteiger partial charge < -0.3 is 10.2 Å². The second kappa shape index (κ2) is 8.06. The molecule has 2 aromatic rings. The van der Waals surface area contributed by atoms with E-state index in [4.69, 9.17) is 0 Å². The zero-order valence-electron chi connectivity index (χ0n) is 15.0. The molecule has 1 saturated heterocycles. The van der Waals surface area contributed by atoms with Crippen LogP contribution in [0, 0.1) is 5.82 Å². The highest BCUT2D eigenvalue weighted by molar-refractivity contribution is 7.92. The van der Waals surface area contributed by atoms with Crippen LogP contribution in [-0.4, -0.2) is 44.9 Å². The molecule has 0 aliphatic carbocycles. The molecule has 2 aromatic carbocycles. The van der Waals surface area contributed by atoms with Gasteiger partial charge in [-0.15, -0.1) is 0 Å². The number of rotatable bonds is 5. The predicted molar refractivity (Wildman–Crippen MR) is 101 cm³/mol. The zero-order chi connectivity index (χ0) is 19.4. The Morgan fingerprint density at radius 2 is 1.85 bits per heavy atom. The summed E-state index contributed by atoms with van der Waals surface area (Å²) in [4.78, 5) is 14.2. The largest absolute Gasteiger partial charge is 0.340 e. The Hall–Kier alpha value is -2.45. The Bertz CT molecular complexity index is 899. The van der Waals surface area contributed by atoms with Crippen LogP contribution in [-0.2, 0) is 21.2 Å². The Morgan fingerprint density at radius 3 is 2.48 bits per heavy atom. The number of nitrogens with one attached hydrogen (secondary N) is 2. The first-order chi connectivity index (χ1) is 12.8. The summed E-state index contributed by atoms with van der Waals surface area (Å²) in [6, 6.07) is 11.6. The molecule has 0 radical (unpaired) electrons. The molecule has 1 unspecified atom stereocenters. The number of benzene rings is 2. The summed E-state index contributed by atoms with van der Waals surface area (Å²) >= 11 is 0. The first-order valence-corrected chi connectivity index (χ1v) is 10.2. The number of carbonyl (C=O) groups is 1. The van der Waals surface area contributed by atoms with Gasteiger partial charge in [0.2, 0.25) is 5.91 Å². The van der Waals surface area contributed by atoms with E-state index in [1.54, 1.807) is 24.3 Å². The van der Waals surface area contributed by atoms with E-state index in [9.17, 15) is 17.6 Å². The lowest BCUT2D eigenvalue weighted by molar-refractivity contribution is -0.131. The maximum Gasteiger partial charge on any atom is 0.261 e. The number of sulfonamides is 1. The molecule has 2 N–H and O–H groups in total. The Kier molecular flexibility index (Phi) is 5.76. The van der Waals surface area contributed by atoms with Crippen molar-refractivity contribution in [1.82, 2.24) is 10.2 Å². The maximum atomic E-state index is 13.0. The van der Waals surface area contributed by atoms with Crippen molar-refractivity contribution >= 4 is 21.6 Å². The fourth-order valence-electron chi connectivity index (χ4n) is 2.96. The van der Waals surface area contributed by atoms with Crippen LogP contribution < -0.4 is 10.0 Å². The molecule has 1 atom stereocenters. The third kappa shape index (κ3) is 5.05. The standard InChI is InChI=1S/C19H22FN3O3S/c1-14-13-23(11-10-21-14)19(24)12-15-2-6-17(7-3-15)22-27(25,26)18-8-4-16(20)5-9-18/h2-9,14,21-22H,10-13H2,1H3. The van der Waals surface area contributed by atoms with E-state index in [0.29, 0.717) is 18.8 Å². The SMILES string of the molecule is CC1CN(C(=O)Cc2ccc(NS(=O)(=O)c3ccc(F)cc3)cc2)CCN1. The molecule has 6 nitrogen and oxygen atoms in total. The quantitative estimate of drug-likeness (QED) is 0.817. The van der Waals surface area contributed by atoms with Crippen LogP contribution in [0.1, 0.15) is 12.5 Å². The van der Waals surface area contributed by atoms with Crippen LogP contribution in [0.15, 0.2) is 53.4 Å². The van der Waals surface area contributed by atoms with E-state index in [1.165, 1.54) is 12.1 Å². The molecule has 1 amide bonds. The lowest BCUT2D eigenvalue weighted by Crippen LogP contribution is -2.51. The highest BCUT2D eigenvalue weighted by Crippen LogP contribution is 2.17. The molecule has 3 rings (SSSR count). The van der Waals surface area contributed by atoms with Gasteiger partial charge in [0.25, 0.3) is 10.0 Å². The van der Waals surface area contributed by atoms with Gasteiger partial charge in [-0.1, -0.05) is 12.1 Å².